The van der Waals surface area contributed by atoms with Crippen LogP contribution in [0.1, 0.15) is 12.5 Å². The molecule has 1 unspecified atom stereocenters. The van der Waals surface area contributed by atoms with E-state index in [2.05, 4.69) is 31.3 Å². The van der Waals surface area contributed by atoms with Crippen LogP contribution in [0.2, 0.25) is 0 Å². The van der Waals surface area contributed by atoms with Gasteiger partial charge >= 0.3 is 0 Å². The molecule has 20 heavy (non-hydrogen) atoms. The molecule has 0 aliphatic heterocycles. The third-order valence-electron chi connectivity index (χ3n) is 2.79. The third-order valence-corrected chi connectivity index (χ3v) is 4.15. The first kappa shape index (κ1) is 16.9. The van der Waals surface area contributed by atoms with Gasteiger partial charge in [-0.1, -0.05) is 31.2 Å². The van der Waals surface area contributed by atoms with Crippen molar-refractivity contribution in [2.75, 3.05) is 14.2 Å². The molecule has 0 bridgehead atoms. The molecule has 4 heteroatoms. The fraction of sp³-hybridized carbons (Fsp3) is 0.250. The summed E-state index contributed by atoms with van der Waals surface area (Å²) in [6.45, 7) is 2.14. The molecule has 0 spiro atoms. The molecule has 0 heterocycles. The van der Waals surface area contributed by atoms with Gasteiger partial charge in [0.1, 0.15) is 11.5 Å². The molecule has 0 fully saturated rings. The van der Waals surface area contributed by atoms with Crippen LogP contribution in [0.4, 0.5) is 0 Å². The zero-order valence-corrected chi connectivity index (χ0v) is 14.0. The lowest BCUT2D eigenvalue weighted by Gasteiger charge is -1.99. The summed E-state index contributed by atoms with van der Waals surface area (Å²) in [6, 6.07) is 16.1. The predicted octanol–water partition coefficient (Wildman–Crippen LogP) is 4.10. The maximum absolute atomic E-state index is 5.01. The Morgan fingerprint density at radius 3 is 1.65 bits per heavy atom. The van der Waals surface area contributed by atoms with Crippen molar-refractivity contribution in [3.05, 3.63) is 54.1 Å². The number of hydrogen-bond donors (Lipinski definition) is 1. The van der Waals surface area contributed by atoms with Crippen molar-refractivity contribution >= 4 is 25.3 Å². The SMILES string of the molecule is CCc1ccc(OC)cc1.COc1ccc(PS)cc1. The molecule has 0 aliphatic rings. The molecule has 2 aromatic carbocycles. The van der Waals surface area contributed by atoms with Crippen molar-refractivity contribution in [3.8, 4) is 11.5 Å². The van der Waals surface area contributed by atoms with E-state index < -0.39 is 0 Å². The third kappa shape index (κ3) is 5.85. The Labute approximate surface area is 128 Å². The van der Waals surface area contributed by atoms with Gasteiger partial charge in [0.25, 0.3) is 0 Å². The highest BCUT2D eigenvalue weighted by Crippen LogP contribution is 2.16. The molecule has 0 amide bonds. The van der Waals surface area contributed by atoms with Gasteiger partial charge in [0.15, 0.2) is 0 Å². The van der Waals surface area contributed by atoms with Gasteiger partial charge in [0.2, 0.25) is 0 Å². The lowest BCUT2D eigenvalue weighted by molar-refractivity contribution is 0.414. The van der Waals surface area contributed by atoms with Crippen LogP contribution in [0.3, 0.4) is 0 Å². The first-order valence-electron chi connectivity index (χ1n) is 6.40. The normalized spacial score (nSPS) is 10.0. The molecule has 0 saturated heterocycles. The van der Waals surface area contributed by atoms with Crippen LogP contribution < -0.4 is 14.8 Å². The highest BCUT2D eigenvalue weighted by Gasteiger charge is 1.90. The molecule has 2 nitrogen and oxygen atoms in total. The number of benzene rings is 2. The van der Waals surface area contributed by atoms with Crippen molar-refractivity contribution in [1.82, 2.24) is 0 Å². The van der Waals surface area contributed by atoms with Crippen LogP contribution in [-0.4, -0.2) is 14.2 Å². The van der Waals surface area contributed by atoms with E-state index in [9.17, 15) is 0 Å². The van der Waals surface area contributed by atoms with Gasteiger partial charge in [0.05, 0.1) is 14.2 Å². The number of hydrogen-bond acceptors (Lipinski definition) is 3. The van der Waals surface area contributed by atoms with Crippen molar-refractivity contribution < 1.29 is 9.47 Å². The number of ether oxygens (including phenoxy) is 2. The maximum atomic E-state index is 5.01. The summed E-state index contributed by atoms with van der Waals surface area (Å²) in [5.41, 5.74) is 1.35. The minimum Gasteiger partial charge on any atom is -0.497 e. The Bertz CT molecular complexity index is 389. The van der Waals surface area contributed by atoms with Crippen molar-refractivity contribution in [2.45, 2.75) is 13.3 Å². The lowest BCUT2D eigenvalue weighted by atomic mass is 10.2. The zero-order chi connectivity index (χ0) is 14.8. The standard InChI is InChI=1S/C9H12O.C7H9OPS/c1-3-8-4-6-9(10-2)7-5-8;1-8-6-2-4-7(9-10)5-3-6/h4-7H,3H2,1-2H3;2-5,9-10H,1H3. The van der Waals surface area contributed by atoms with Crippen LogP contribution >= 0.6 is 20.0 Å². The fourth-order valence-corrected chi connectivity index (χ4v) is 2.29. The Morgan fingerprint density at radius 1 is 0.850 bits per heavy atom. The maximum Gasteiger partial charge on any atom is 0.118 e. The second-order valence-electron chi connectivity index (χ2n) is 4.04. The highest BCUT2D eigenvalue weighted by molar-refractivity contribution is 8.40. The fourth-order valence-electron chi connectivity index (χ4n) is 1.53. The van der Waals surface area contributed by atoms with Gasteiger partial charge in [-0.2, -0.15) is 0 Å². The van der Waals surface area contributed by atoms with E-state index in [0.29, 0.717) is 7.78 Å². The summed E-state index contributed by atoms with van der Waals surface area (Å²) in [4.78, 5) is 0. The van der Waals surface area contributed by atoms with E-state index in [-0.39, 0.29) is 0 Å². The monoisotopic (exact) mass is 308 g/mol. The van der Waals surface area contributed by atoms with E-state index in [1.165, 1.54) is 10.9 Å². The molecular weight excluding hydrogens is 287 g/mol. The molecule has 108 valence electrons. The Balaban J connectivity index is 0.000000200. The minimum absolute atomic E-state index is 0.567. The molecule has 0 aromatic heterocycles. The number of methoxy groups -OCH3 is 2. The van der Waals surface area contributed by atoms with Crippen molar-refractivity contribution in [2.24, 2.45) is 0 Å². The summed E-state index contributed by atoms with van der Waals surface area (Å²) in [6.07, 6.45) is 1.09. The number of aryl methyl sites for hydroxylation is 1. The summed E-state index contributed by atoms with van der Waals surface area (Å²) in [7, 11) is 3.91. The second-order valence-corrected chi connectivity index (χ2v) is 5.51. The molecular formula is C16H21O2PS. The topological polar surface area (TPSA) is 18.5 Å². The van der Waals surface area contributed by atoms with Gasteiger partial charge in [-0.05, 0) is 49.3 Å². The van der Waals surface area contributed by atoms with Crippen LogP contribution in [0.5, 0.6) is 11.5 Å². The average molecular weight is 308 g/mol. The highest BCUT2D eigenvalue weighted by atomic mass is 32.7. The first-order valence-corrected chi connectivity index (χ1v) is 8.69. The molecule has 2 aromatic rings. The molecule has 1 atom stereocenters. The summed E-state index contributed by atoms with van der Waals surface area (Å²) < 4.78 is 10.0. The van der Waals surface area contributed by atoms with E-state index in [0.717, 1.165) is 17.9 Å². The van der Waals surface area contributed by atoms with Gasteiger partial charge in [-0.3, -0.25) is 0 Å². The van der Waals surface area contributed by atoms with Crippen LogP contribution in [-0.2, 0) is 6.42 Å². The summed E-state index contributed by atoms with van der Waals surface area (Å²) in [5.74, 6) is 1.83. The molecule has 2 rings (SSSR count). The lowest BCUT2D eigenvalue weighted by Crippen LogP contribution is -1.90. The van der Waals surface area contributed by atoms with E-state index in [4.69, 9.17) is 9.47 Å². The van der Waals surface area contributed by atoms with Gasteiger partial charge < -0.3 is 9.47 Å². The van der Waals surface area contributed by atoms with Crippen molar-refractivity contribution in [3.63, 3.8) is 0 Å². The Morgan fingerprint density at radius 2 is 1.30 bits per heavy atom. The minimum atomic E-state index is 0.567. The van der Waals surface area contributed by atoms with Crippen LogP contribution in [0.15, 0.2) is 48.5 Å². The van der Waals surface area contributed by atoms with E-state index >= 15 is 0 Å². The number of thiol groups is 1. The average Bonchev–Trinajstić information content (AvgIpc) is 2.55. The van der Waals surface area contributed by atoms with Gasteiger partial charge in [-0.25, -0.2) is 0 Å². The Kier molecular flexibility index (Phi) is 8.17. The van der Waals surface area contributed by atoms with Gasteiger partial charge in [-0.15, -0.1) is 12.2 Å². The van der Waals surface area contributed by atoms with E-state index in [1.54, 1.807) is 14.2 Å². The summed E-state index contributed by atoms with van der Waals surface area (Å²) >= 11 is 4.16. The van der Waals surface area contributed by atoms with Crippen molar-refractivity contribution in [1.29, 1.82) is 0 Å². The Hall–Kier alpha value is -1.18. The number of rotatable bonds is 4. The largest absolute Gasteiger partial charge is 0.497 e. The quantitative estimate of drug-likeness (QED) is 0.677. The summed E-state index contributed by atoms with van der Waals surface area (Å²) in [5, 5.41) is 1.24. The molecule has 0 radical (unpaired) electrons. The molecule has 0 saturated carbocycles. The van der Waals surface area contributed by atoms with Crippen LogP contribution in [0, 0.1) is 0 Å². The predicted molar refractivity (Wildman–Crippen MR) is 92.3 cm³/mol. The molecule has 0 aliphatic carbocycles. The first-order chi connectivity index (χ1) is 9.73. The van der Waals surface area contributed by atoms with E-state index in [1.807, 2.05) is 36.4 Å². The van der Waals surface area contributed by atoms with Gasteiger partial charge in [0, 0.05) is 0 Å². The van der Waals surface area contributed by atoms with Crippen LogP contribution in [0.25, 0.3) is 0 Å². The zero-order valence-electron chi connectivity index (χ0n) is 12.1. The molecule has 0 N–H and O–H groups in total. The second kappa shape index (κ2) is 9.68. The smallest absolute Gasteiger partial charge is 0.118 e.